The quantitative estimate of drug-likeness (QED) is 0.197. The minimum atomic E-state index is 0.601. The van der Waals surface area contributed by atoms with Crippen molar-refractivity contribution in [3.05, 3.63) is 164 Å². The van der Waals surface area contributed by atoms with Crippen molar-refractivity contribution in [1.82, 2.24) is 15.0 Å². The zero-order valence-corrected chi connectivity index (χ0v) is 25.3. The molecule has 0 saturated carbocycles. The van der Waals surface area contributed by atoms with Crippen molar-refractivity contribution in [2.24, 2.45) is 0 Å². The number of aromatic nitrogens is 3. The van der Waals surface area contributed by atoms with Crippen LogP contribution in [0.5, 0.6) is 0 Å². The average molecular weight is 602 g/mol. The second kappa shape index (κ2) is 11.2. The van der Waals surface area contributed by atoms with Crippen LogP contribution in [0.1, 0.15) is 0 Å². The van der Waals surface area contributed by atoms with Crippen molar-refractivity contribution in [2.75, 3.05) is 0 Å². The van der Waals surface area contributed by atoms with E-state index in [1.807, 2.05) is 66.7 Å². The van der Waals surface area contributed by atoms with E-state index in [4.69, 9.17) is 19.4 Å². The van der Waals surface area contributed by atoms with Crippen LogP contribution < -0.4 is 0 Å². The van der Waals surface area contributed by atoms with Gasteiger partial charge in [-0.05, 0) is 51.2 Å². The first-order chi connectivity index (χ1) is 23.3. The topological polar surface area (TPSA) is 51.8 Å². The normalized spacial score (nSPS) is 11.4. The molecule has 2 heterocycles. The molecule has 2 aromatic heterocycles. The molecule has 220 valence electrons. The maximum Gasteiger partial charge on any atom is 0.164 e. The molecule has 7 aromatic carbocycles. The molecule has 0 aliphatic rings. The van der Waals surface area contributed by atoms with Crippen molar-refractivity contribution in [3.8, 4) is 56.4 Å². The fourth-order valence-corrected chi connectivity index (χ4v) is 6.43. The van der Waals surface area contributed by atoms with Gasteiger partial charge in [0.15, 0.2) is 17.5 Å². The predicted molar refractivity (Wildman–Crippen MR) is 192 cm³/mol. The third-order valence-electron chi connectivity index (χ3n) is 8.74. The van der Waals surface area contributed by atoms with Gasteiger partial charge < -0.3 is 4.42 Å². The van der Waals surface area contributed by atoms with Gasteiger partial charge in [-0.15, -0.1) is 0 Å². The largest absolute Gasteiger partial charge is 0.456 e. The highest BCUT2D eigenvalue weighted by molar-refractivity contribution is 6.22. The smallest absolute Gasteiger partial charge is 0.164 e. The average Bonchev–Trinajstić information content (AvgIpc) is 3.53. The Labute approximate surface area is 271 Å². The number of hydrogen-bond acceptors (Lipinski definition) is 4. The third-order valence-corrected chi connectivity index (χ3v) is 8.74. The number of hydrogen-bond donors (Lipinski definition) is 0. The van der Waals surface area contributed by atoms with Crippen LogP contribution in [-0.2, 0) is 0 Å². The summed E-state index contributed by atoms with van der Waals surface area (Å²) in [5, 5.41) is 4.53. The summed E-state index contributed by atoms with van der Waals surface area (Å²) in [6.45, 7) is 0. The molecule has 0 atom stereocenters. The SMILES string of the molecule is c1ccc(-c2ccc(-c3cc4oc5cc(-c6nc(-c7ccccc7)nc(-c7ccccc7)n6)ccc5c4c4ccccc34)cc2)cc1. The summed E-state index contributed by atoms with van der Waals surface area (Å²) in [5.74, 6) is 1.87. The van der Waals surface area contributed by atoms with Gasteiger partial charge in [-0.25, -0.2) is 15.0 Å². The molecule has 4 heteroatoms. The van der Waals surface area contributed by atoms with Crippen molar-refractivity contribution in [2.45, 2.75) is 0 Å². The van der Waals surface area contributed by atoms with Gasteiger partial charge in [0.1, 0.15) is 11.2 Å². The molecule has 0 N–H and O–H groups in total. The van der Waals surface area contributed by atoms with Gasteiger partial charge in [0, 0.05) is 27.5 Å². The van der Waals surface area contributed by atoms with E-state index < -0.39 is 0 Å². The number of benzene rings is 7. The van der Waals surface area contributed by atoms with E-state index >= 15 is 0 Å². The monoisotopic (exact) mass is 601 g/mol. The Morgan fingerprint density at radius 1 is 0.319 bits per heavy atom. The minimum absolute atomic E-state index is 0.601. The molecule has 9 rings (SSSR count). The molecule has 0 saturated heterocycles. The van der Waals surface area contributed by atoms with Crippen LogP contribution in [0.4, 0.5) is 0 Å². The number of fused-ring (bicyclic) bond motifs is 5. The van der Waals surface area contributed by atoms with Crippen LogP contribution in [-0.4, -0.2) is 15.0 Å². The van der Waals surface area contributed by atoms with Crippen LogP contribution in [0.2, 0.25) is 0 Å². The zero-order valence-electron chi connectivity index (χ0n) is 25.3. The van der Waals surface area contributed by atoms with Gasteiger partial charge in [0.25, 0.3) is 0 Å². The van der Waals surface area contributed by atoms with E-state index in [9.17, 15) is 0 Å². The molecule has 0 unspecified atom stereocenters. The Morgan fingerprint density at radius 2 is 0.787 bits per heavy atom. The summed E-state index contributed by atoms with van der Waals surface area (Å²) in [5.41, 5.74) is 9.08. The number of rotatable bonds is 5. The zero-order chi connectivity index (χ0) is 31.2. The van der Waals surface area contributed by atoms with E-state index in [2.05, 4.69) is 97.1 Å². The van der Waals surface area contributed by atoms with Crippen LogP contribution in [0.15, 0.2) is 168 Å². The van der Waals surface area contributed by atoms with E-state index in [1.54, 1.807) is 0 Å². The number of furan rings is 1. The van der Waals surface area contributed by atoms with Gasteiger partial charge in [-0.2, -0.15) is 0 Å². The van der Waals surface area contributed by atoms with Crippen LogP contribution in [0.25, 0.3) is 89.1 Å². The Hall–Kier alpha value is -6.39. The van der Waals surface area contributed by atoms with Crippen molar-refractivity contribution >= 4 is 32.7 Å². The van der Waals surface area contributed by atoms with E-state index in [1.165, 1.54) is 16.5 Å². The molecule has 0 bridgehead atoms. The van der Waals surface area contributed by atoms with E-state index in [0.29, 0.717) is 17.5 Å². The van der Waals surface area contributed by atoms with Gasteiger partial charge in [0.2, 0.25) is 0 Å². The molecule has 0 amide bonds. The fourth-order valence-electron chi connectivity index (χ4n) is 6.43. The molecular weight excluding hydrogens is 574 g/mol. The van der Waals surface area contributed by atoms with Crippen LogP contribution >= 0.6 is 0 Å². The van der Waals surface area contributed by atoms with Crippen molar-refractivity contribution < 1.29 is 4.42 Å². The molecular formula is C43H27N3O. The summed E-state index contributed by atoms with van der Waals surface area (Å²) < 4.78 is 6.64. The highest BCUT2D eigenvalue weighted by Crippen LogP contribution is 2.41. The van der Waals surface area contributed by atoms with Gasteiger partial charge in [-0.1, -0.05) is 146 Å². The molecule has 47 heavy (non-hydrogen) atoms. The number of nitrogens with zero attached hydrogens (tertiary/aromatic N) is 3. The Kier molecular flexibility index (Phi) is 6.43. The van der Waals surface area contributed by atoms with Crippen LogP contribution in [0, 0.1) is 0 Å². The molecule has 0 spiro atoms. The lowest BCUT2D eigenvalue weighted by Crippen LogP contribution is -2.00. The lowest BCUT2D eigenvalue weighted by Gasteiger charge is -2.10. The first-order valence-corrected chi connectivity index (χ1v) is 15.7. The standard InChI is InChI=1S/C43H27N3O/c1-4-12-28(13-5-1)29-20-22-30(23-21-29)37-27-39-40(35-19-11-10-18-34(35)37)36-25-24-33(26-38(36)47-39)43-45-41(31-14-6-2-7-15-31)44-42(46-43)32-16-8-3-9-17-32/h1-27H. The highest BCUT2D eigenvalue weighted by atomic mass is 16.3. The van der Waals surface area contributed by atoms with Gasteiger partial charge in [-0.3, -0.25) is 0 Å². The third kappa shape index (κ3) is 4.84. The van der Waals surface area contributed by atoms with Crippen molar-refractivity contribution in [3.63, 3.8) is 0 Å². The Bertz CT molecular complexity index is 2480. The summed E-state index contributed by atoms with van der Waals surface area (Å²) in [6.07, 6.45) is 0. The molecule has 0 aliphatic carbocycles. The van der Waals surface area contributed by atoms with Gasteiger partial charge >= 0.3 is 0 Å². The van der Waals surface area contributed by atoms with Crippen LogP contribution in [0.3, 0.4) is 0 Å². The summed E-state index contributed by atoms with van der Waals surface area (Å²) >= 11 is 0. The van der Waals surface area contributed by atoms with E-state index in [0.717, 1.165) is 55.1 Å². The predicted octanol–water partition coefficient (Wildman–Crippen LogP) is 11.3. The van der Waals surface area contributed by atoms with E-state index in [-0.39, 0.29) is 0 Å². The Morgan fingerprint density at radius 3 is 1.40 bits per heavy atom. The second-order valence-corrected chi connectivity index (χ2v) is 11.6. The maximum atomic E-state index is 6.64. The summed E-state index contributed by atoms with van der Waals surface area (Å²) in [4.78, 5) is 14.7. The Balaban J connectivity index is 1.19. The highest BCUT2D eigenvalue weighted by Gasteiger charge is 2.17. The molecule has 0 aliphatic heterocycles. The lowest BCUT2D eigenvalue weighted by molar-refractivity contribution is 0.669. The first-order valence-electron chi connectivity index (χ1n) is 15.7. The van der Waals surface area contributed by atoms with Gasteiger partial charge in [0.05, 0.1) is 0 Å². The maximum absolute atomic E-state index is 6.64. The molecule has 9 aromatic rings. The van der Waals surface area contributed by atoms with Crippen molar-refractivity contribution in [1.29, 1.82) is 0 Å². The lowest BCUT2D eigenvalue weighted by atomic mass is 9.93. The molecule has 0 fully saturated rings. The fraction of sp³-hybridized carbons (Fsp3) is 0. The second-order valence-electron chi connectivity index (χ2n) is 11.6. The summed E-state index contributed by atoms with van der Waals surface area (Å²) in [7, 11) is 0. The minimum Gasteiger partial charge on any atom is -0.456 e. The first kappa shape index (κ1) is 27.0. The molecule has 0 radical (unpaired) electrons. The molecule has 4 nitrogen and oxygen atoms in total. The summed E-state index contributed by atoms with van der Waals surface area (Å²) in [6, 6.07) is 56.4.